The van der Waals surface area contributed by atoms with Gasteiger partial charge < -0.3 is 14.4 Å². The van der Waals surface area contributed by atoms with Gasteiger partial charge in [0.15, 0.2) is 0 Å². The van der Waals surface area contributed by atoms with Gasteiger partial charge >= 0.3 is 12.1 Å². The van der Waals surface area contributed by atoms with Crippen LogP contribution in [0.5, 0.6) is 0 Å². The molecule has 0 fully saturated rings. The molecule has 5 nitrogen and oxygen atoms in total. The van der Waals surface area contributed by atoms with Gasteiger partial charge in [-0.25, -0.2) is 4.79 Å². The van der Waals surface area contributed by atoms with Crippen molar-refractivity contribution in [3.05, 3.63) is 58.5 Å². The summed E-state index contributed by atoms with van der Waals surface area (Å²) in [6.45, 7) is 1.65. The van der Waals surface area contributed by atoms with Crippen molar-refractivity contribution in [3.63, 3.8) is 0 Å². The quantitative estimate of drug-likeness (QED) is 0.774. The predicted octanol–water partition coefficient (Wildman–Crippen LogP) is 4.29. The molecule has 2 aromatic rings. The summed E-state index contributed by atoms with van der Waals surface area (Å²) in [5.41, 5.74) is -0.130. The zero-order chi connectivity index (χ0) is 20.2. The summed E-state index contributed by atoms with van der Waals surface area (Å²) in [5, 5.41) is 9.01. The zero-order valence-corrected chi connectivity index (χ0v) is 15.0. The lowest BCUT2D eigenvalue weighted by molar-refractivity contribution is -0.137. The molecular weight excluding hydrogens is 363 g/mol. The molecule has 0 spiro atoms. The van der Waals surface area contributed by atoms with Crippen molar-refractivity contribution in [2.75, 3.05) is 7.05 Å². The number of alkyl halides is 3. The second-order valence-electron chi connectivity index (χ2n) is 6.29. The predicted molar refractivity (Wildman–Crippen MR) is 91.3 cm³/mol. The van der Waals surface area contributed by atoms with Crippen LogP contribution >= 0.6 is 0 Å². The van der Waals surface area contributed by atoms with Gasteiger partial charge in [0.25, 0.3) is 0 Å². The number of halogens is 3. The summed E-state index contributed by atoms with van der Waals surface area (Å²) >= 11 is 0. The lowest BCUT2D eigenvalue weighted by Gasteiger charge is -2.15. The maximum absolute atomic E-state index is 12.7. The highest BCUT2D eigenvalue weighted by Crippen LogP contribution is 2.29. The first-order chi connectivity index (χ1) is 12.6. The highest BCUT2D eigenvalue weighted by Gasteiger charge is 2.30. The SMILES string of the molecule is Cc1oc(CN(C)C(=O)CCCc2cccc(C(F)(F)F)c2)cc1C(=O)O. The van der Waals surface area contributed by atoms with E-state index in [-0.39, 0.29) is 30.2 Å². The highest BCUT2D eigenvalue weighted by atomic mass is 19.4. The van der Waals surface area contributed by atoms with Crippen LogP contribution < -0.4 is 0 Å². The second kappa shape index (κ2) is 8.28. The van der Waals surface area contributed by atoms with E-state index in [9.17, 15) is 22.8 Å². The fourth-order valence-electron chi connectivity index (χ4n) is 2.69. The Kier molecular flexibility index (Phi) is 6.30. The molecule has 1 aromatic carbocycles. The van der Waals surface area contributed by atoms with Crippen molar-refractivity contribution in [2.45, 2.75) is 38.9 Å². The molecule has 1 N–H and O–H groups in total. The summed E-state index contributed by atoms with van der Waals surface area (Å²) in [7, 11) is 1.56. The van der Waals surface area contributed by atoms with Crippen LogP contribution in [0.3, 0.4) is 0 Å². The lowest BCUT2D eigenvalue weighted by Crippen LogP contribution is -2.25. The van der Waals surface area contributed by atoms with Crippen molar-refractivity contribution in [1.29, 1.82) is 0 Å². The van der Waals surface area contributed by atoms with E-state index in [4.69, 9.17) is 9.52 Å². The molecule has 0 aliphatic carbocycles. The van der Waals surface area contributed by atoms with E-state index >= 15 is 0 Å². The van der Waals surface area contributed by atoms with Gasteiger partial charge in [0.2, 0.25) is 5.91 Å². The number of benzene rings is 1. The molecule has 1 amide bonds. The second-order valence-corrected chi connectivity index (χ2v) is 6.29. The van der Waals surface area contributed by atoms with Crippen LogP contribution in [0.15, 0.2) is 34.7 Å². The normalized spacial score (nSPS) is 11.4. The smallest absolute Gasteiger partial charge is 0.416 e. The highest BCUT2D eigenvalue weighted by molar-refractivity contribution is 5.88. The Hall–Kier alpha value is -2.77. The fourth-order valence-corrected chi connectivity index (χ4v) is 2.69. The largest absolute Gasteiger partial charge is 0.478 e. The first kappa shape index (κ1) is 20.5. The van der Waals surface area contributed by atoms with Gasteiger partial charge in [-0.3, -0.25) is 4.79 Å². The minimum Gasteiger partial charge on any atom is -0.478 e. The Morgan fingerprint density at radius 2 is 1.93 bits per heavy atom. The van der Waals surface area contributed by atoms with Crippen LogP contribution in [0.1, 0.15) is 45.8 Å². The van der Waals surface area contributed by atoms with Crippen molar-refractivity contribution >= 4 is 11.9 Å². The van der Waals surface area contributed by atoms with Gasteiger partial charge in [0.05, 0.1) is 12.1 Å². The van der Waals surface area contributed by atoms with Crippen LogP contribution in [0.2, 0.25) is 0 Å². The molecule has 0 saturated carbocycles. The Morgan fingerprint density at radius 3 is 2.52 bits per heavy atom. The summed E-state index contributed by atoms with van der Waals surface area (Å²) in [4.78, 5) is 24.6. The van der Waals surface area contributed by atoms with E-state index in [0.717, 1.165) is 12.1 Å². The van der Waals surface area contributed by atoms with E-state index in [1.165, 1.54) is 24.0 Å². The van der Waals surface area contributed by atoms with E-state index in [1.54, 1.807) is 13.1 Å². The average Bonchev–Trinajstić information content (AvgIpc) is 2.94. The standard InChI is InChI=1S/C19H20F3NO4/c1-12-16(18(25)26)10-15(27-12)11-23(2)17(24)8-4-6-13-5-3-7-14(9-13)19(20,21)22/h3,5,7,9-10H,4,6,8,11H2,1-2H3,(H,25,26). The summed E-state index contributed by atoms with van der Waals surface area (Å²) < 4.78 is 43.4. The van der Waals surface area contributed by atoms with E-state index in [0.29, 0.717) is 24.2 Å². The van der Waals surface area contributed by atoms with Gasteiger partial charge in [-0.15, -0.1) is 0 Å². The molecule has 0 unspecified atom stereocenters. The fraction of sp³-hybridized carbons (Fsp3) is 0.368. The number of carbonyl (C=O) groups excluding carboxylic acids is 1. The molecule has 2 rings (SSSR count). The van der Waals surface area contributed by atoms with Crippen molar-refractivity contribution in [3.8, 4) is 0 Å². The van der Waals surface area contributed by atoms with Gasteiger partial charge in [-0.2, -0.15) is 13.2 Å². The van der Waals surface area contributed by atoms with Crippen LogP contribution in [0.25, 0.3) is 0 Å². The van der Waals surface area contributed by atoms with Crippen LogP contribution in [-0.2, 0) is 23.9 Å². The number of aryl methyl sites for hydroxylation is 2. The molecule has 0 radical (unpaired) electrons. The summed E-state index contributed by atoms with van der Waals surface area (Å²) in [6.07, 6.45) is -3.46. The minimum absolute atomic E-state index is 0.0513. The Morgan fingerprint density at radius 1 is 1.22 bits per heavy atom. The average molecular weight is 383 g/mol. The maximum atomic E-state index is 12.7. The first-order valence-electron chi connectivity index (χ1n) is 8.30. The number of carbonyl (C=O) groups is 2. The van der Waals surface area contributed by atoms with Crippen LogP contribution in [0, 0.1) is 6.92 Å². The van der Waals surface area contributed by atoms with Crippen LogP contribution in [-0.4, -0.2) is 28.9 Å². The zero-order valence-electron chi connectivity index (χ0n) is 15.0. The molecule has 0 aliphatic heterocycles. The first-order valence-corrected chi connectivity index (χ1v) is 8.30. The summed E-state index contributed by atoms with van der Waals surface area (Å²) in [5.74, 6) is -0.674. The molecule has 27 heavy (non-hydrogen) atoms. The van der Waals surface area contributed by atoms with Crippen molar-refractivity contribution in [2.24, 2.45) is 0 Å². The summed E-state index contributed by atoms with van der Waals surface area (Å²) in [6, 6.07) is 6.43. The minimum atomic E-state index is -4.39. The number of amides is 1. The Balaban J connectivity index is 1.87. The third-order valence-electron chi connectivity index (χ3n) is 4.13. The van der Waals surface area contributed by atoms with Gasteiger partial charge in [-0.05, 0) is 37.5 Å². The Bertz CT molecular complexity index is 827. The number of carboxylic acid groups (broad SMARTS) is 1. The molecule has 8 heteroatoms. The van der Waals surface area contributed by atoms with Gasteiger partial charge in [-0.1, -0.05) is 18.2 Å². The third kappa shape index (κ3) is 5.60. The third-order valence-corrected chi connectivity index (χ3v) is 4.13. The molecule has 0 atom stereocenters. The van der Waals surface area contributed by atoms with Crippen molar-refractivity contribution < 1.29 is 32.3 Å². The maximum Gasteiger partial charge on any atom is 0.416 e. The lowest BCUT2D eigenvalue weighted by atomic mass is 10.0. The topological polar surface area (TPSA) is 70.8 Å². The molecule has 0 aliphatic rings. The molecule has 1 aromatic heterocycles. The molecule has 146 valence electrons. The molecule has 0 bridgehead atoms. The van der Waals surface area contributed by atoms with Crippen LogP contribution in [0.4, 0.5) is 13.2 Å². The van der Waals surface area contributed by atoms with Gasteiger partial charge in [0, 0.05) is 13.5 Å². The van der Waals surface area contributed by atoms with E-state index in [1.807, 2.05) is 0 Å². The Labute approximate surface area is 154 Å². The number of rotatable bonds is 7. The number of aromatic carboxylic acids is 1. The number of nitrogens with zero attached hydrogens (tertiary/aromatic N) is 1. The monoisotopic (exact) mass is 383 g/mol. The molecule has 0 saturated heterocycles. The van der Waals surface area contributed by atoms with E-state index in [2.05, 4.69) is 0 Å². The number of hydrogen-bond donors (Lipinski definition) is 1. The molecular formula is C19H20F3NO4. The molecule has 1 heterocycles. The van der Waals surface area contributed by atoms with E-state index < -0.39 is 17.7 Å². The van der Waals surface area contributed by atoms with Crippen molar-refractivity contribution in [1.82, 2.24) is 4.90 Å². The number of carboxylic acids is 1. The van der Waals surface area contributed by atoms with Gasteiger partial charge in [0.1, 0.15) is 17.1 Å². The number of hydrogen-bond acceptors (Lipinski definition) is 3. The number of furan rings is 1.